The monoisotopic (exact) mass is 557 g/mol. The molecule has 4 rings (SSSR count). The Hall–Kier alpha value is -2.47. The van der Waals surface area contributed by atoms with Crippen LogP contribution in [0.3, 0.4) is 0 Å². The van der Waals surface area contributed by atoms with Crippen molar-refractivity contribution >= 4 is 47.2 Å². The van der Waals surface area contributed by atoms with Gasteiger partial charge in [-0.25, -0.2) is 4.98 Å². The molecular formula is C20H25ClIN7O2. The first kappa shape index (κ1) is 23.2. The SMILES string of the molecule is CN=C(NCc1nc(-c2ccco2)n[nH]1)NC1CCN(c2cc(Cl)ccc2OC)C1.I. The van der Waals surface area contributed by atoms with Crippen molar-refractivity contribution in [2.75, 3.05) is 32.1 Å². The number of aromatic nitrogens is 3. The third-order valence-electron chi connectivity index (χ3n) is 4.93. The predicted molar refractivity (Wildman–Crippen MR) is 131 cm³/mol. The van der Waals surface area contributed by atoms with Gasteiger partial charge in [0.15, 0.2) is 11.7 Å². The molecule has 0 bridgehead atoms. The van der Waals surface area contributed by atoms with Crippen molar-refractivity contribution in [3.05, 3.63) is 47.4 Å². The Kier molecular flexibility index (Phi) is 8.02. The maximum atomic E-state index is 6.18. The van der Waals surface area contributed by atoms with Gasteiger partial charge in [0, 0.05) is 31.2 Å². The van der Waals surface area contributed by atoms with Crippen LogP contribution < -0.4 is 20.3 Å². The molecule has 0 spiro atoms. The number of furan rings is 1. The van der Waals surface area contributed by atoms with E-state index in [1.54, 1.807) is 26.5 Å². The lowest BCUT2D eigenvalue weighted by molar-refractivity contribution is 0.415. The van der Waals surface area contributed by atoms with Gasteiger partial charge in [-0.3, -0.25) is 10.1 Å². The van der Waals surface area contributed by atoms with Gasteiger partial charge in [-0.15, -0.1) is 29.1 Å². The van der Waals surface area contributed by atoms with Crippen LogP contribution in [0.15, 0.2) is 46.0 Å². The fourth-order valence-corrected chi connectivity index (χ4v) is 3.62. The van der Waals surface area contributed by atoms with E-state index in [2.05, 4.69) is 35.7 Å². The molecule has 9 nitrogen and oxygen atoms in total. The molecule has 3 aromatic rings. The Bertz CT molecular complexity index is 1010. The van der Waals surface area contributed by atoms with Crippen molar-refractivity contribution in [1.29, 1.82) is 0 Å². The van der Waals surface area contributed by atoms with Crippen molar-refractivity contribution < 1.29 is 9.15 Å². The molecule has 31 heavy (non-hydrogen) atoms. The summed E-state index contributed by atoms with van der Waals surface area (Å²) in [7, 11) is 3.42. The first-order chi connectivity index (χ1) is 14.7. The second-order valence-electron chi connectivity index (χ2n) is 6.90. The van der Waals surface area contributed by atoms with Gasteiger partial charge in [0.25, 0.3) is 0 Å². The summed E-state index contributed by atoms with van der Waals surface area (Å²) in [4.78, 5) is 11.0. The minimum Gasteiger partial charge on any atom is -0.495 e. The van der Waals surface area contributed by atoms with Gasteiger partial charge in [-0.05, 0) is 36.8 Å². The molecule has 1 aliphatic rings. The fourth-order valence-electron chi connectivity index (χ4n) is 3.45. The van der Waals surface area contributed by atoms with Crippen LogP contribution in [0.5, 0.6) is 5.75 Å². The zero-order valence-corrected chi connectivity index (χ0v) is 20.3. The summed E-state index contributed by atoms with van der Waals surface area (Å²) in [6.45, 7) is 2.19. The van der Waals surface area contributed by atoms with Crippen LogP contribution in [0, 0.1) is 0 Å². The van der Waals surface area contributed by atoms with E-state index in [1.165, 1.54) is 0 Å². The number of H-pyrrole nitrogens is 1. The second kappa shape index (κ2) is 10.7. The summed E-state index contributed by atoms with van der Waals surface area (Å²) in [6, 6.07) is 9.54. The molecule has 11 heteroatoms. The van der Waals surface area contributed by atoms with Gasteiger partial charge in [-0.1, -0.05) is 11.6 Å². The smallest absolute Gasteiger partial charge is 0.216 e. The first-order valence-electron chi connectivity index (χ1n) is 9.67. The van der Waals surface area contributed by atoms with Gasteiger partial charge in [-0.2, -0.15) is 0 Å². The van der Waals surface area contributed by atoms with Crippen LogP contribution in [0.4, 0.5) is 5.69 Å². The number of anilines is 1. The standard InChI is InChI=1S/C20H24ClN7O2.HI/c1-22-20(23-11-18-25-19(27-26-18)17-4-3-9-30-17)24-14-7-8-28(12-14)15-10-13(21)5-6-16(15)29-2;/h3-6,9-10,14H,7-8,11-12H2,1-2H3,(H2,22,23,24)(H,25,26,27);1H. The van der Waals surface area contributed by atoms with E-state index in [9.17, 15) is 0 Å². The number of rotatable bonds is 6. The summed E-state index contributed by atoms with van der Waals surface area (Å²) < 4.78 is 10.8. The predicted octanol–water partition coefficient (Wildman–Crippen LogP) is 3.29. The maximum Gasteiger partial charge on any atom is 0.216 e. The lowest BCUT2D eigenvalue weighted by Crippen LogP contribution is -2.44. The van der Waals surface area contributed by atoms with Crippen LogP contribution >= 0.6 is 35.6 Å². The summed E-state index contributed by atoms with van der Waals surface area (Å²) in [6.07, 6.45) is 2.57. The van der Waals surface area contributed by atoms with Gasteiger partial charge < -0.3 is 24.7 Å². The molecule has 1 unspecified atom stereocenters. The van der Waals surface area contributed by atoms with Gasteiger partial charge in [0.05, 0.1) is 25.6 Å². The second-order valence-corrected chi connectivity index (χ2v) is 7.34. The molecular weight excluding hydrogens is 533 g/mol. The summed E-state index contributed by atoms with van der Waals surface area (Å²) >= 11 is 6.18. The molecule has 1 aliphatic heterocycles. The topological polar surface area (TPSA) is 104 Å². The largest absolute Gasteiger partial charge is 0.495 e. The normalized spacial score (nSPS) is 16.2. The van der Waals surface area contributed by atoms with Gasteiger partial charge in [0.1, 0.15) is 11.6 Å². The molecule has 2 aromatic heterocycles. The highest BCUT2D eigenvalue weighted by atomic mass is 127. The molecule has 0 amide bonds. The van der Waals surface area contributed by atoms with E-state index < -0.39 is 0 Å². The molecule has 1 saturated heterocycles. The molecule has 0 saturated carbocycles. The number of nitrogens with zero attached hydrogens (tertiary/aromatic N) is 4. The third kappa shape index (κ3) is 5.62. The number of hydrogen-bond donors (Lipinski definition) is 3. The lowest BCUT2D eigenvalue weighted by Gasteiger charge is -2.22. The van der Waals surface area contributed by atoms with Crippen molar-refractivity contribution in [2.24, 2.45) is 4.99 Å². The zero-order chi connectivity index (χ0) is 20.9. The van der Waals surface area contributed by atoms with E-state index in [0.717, 1.165) is 30.9 Å². The number of aliphatic imine (C=N–C) groups is 1. The highest BCUT2D eigenvalue weighted by molar-refractivity contribution is 14.0. The van der Waals surface area contributed by atoms with Gasteiger partial charge in [0.2, 0.25) is 5.82 Å². The van der Waals surface area contributed by atoms with Crippen molar-refractivity contribution in [2.45, 2.75) is 19.0 Å². The number of aromatic amines is 1. The number of hydrogen-bond acceptors (Lipinski definition) is 6. The number of ether oxygens (including phenoxy) is 1. The Labute approximate surface area is 202 Å². The Morgan fingerprint density at radius 1 is 1.42 bits per heavy atom. The molecule has 3 heterocycles. The molecule has 1 atom stereocenters. The van der Waals surface area contributed by atoms with E-state index in [4.69, 9.17) is 20.8 Å². The number of methoxy groups -OCH3 is 1. The highest BCUT2D eigenvalue weighted by Crippen LogP contribution is 2.33. The maximum absolute atomic E-state index is 6.18. The highest BCUT2D eigenvalue weighted by Gasteiger charge is 2.25. The summed E-state index contributed by atoms with van der Waals surface area (Å²) in [5.41, 5.74) is 1.00. The lowest BCUT2D eigenvalue weighted by atomic mass is 10.2. The zero-order valence-electron chi connectivity index (χ0n) is 17.3. The third-order valence-corrected chi connectivity index (χ3v) is 5.17. The van der Waals surface area contributed by atoms with Crippen molar-refractivity contribution in [3.8, 4) is 17.3 Å². The Morgan fingerprint density at radius 2 is 2.29 bits per heavy atom. The van der Waals surface area contributed by atoms with E-state index >= 15 is 0 Å². The Balaban J connectivity index is 0.00000272. The summed E-state index contributed by atoms with van der Waals surface area (Å²) in [5, 5.41) is 14.5. The number of benzene rings is 1. The van der Waals surface area contributed by atoms with Crippen molar-refractivity contribution in [1.82, 2.24) is 25.8 Å². The minimum absolute atomic E-state index is 0. The van der Waals surface area contributed by atoms with E-state index in [1.807, 2.05) is 24.3 Å². The van der Waals surface area contributed by atoms with Crippen LogP contribution in [0.25, 0.3) is 11.6 Å². The average molecular weight is 558 g/mol. The van der Waals surface area contributed by atoms with Crippen molar-refractivity contribution in [3.63, 3.8) is 0 Å². The summed E-state index contributed by atoms with van der Waals surface area (Å²) in [5.74, 6) is 3.38. The van der Waals surface area contributed by atoms with Crippen LogP contribution in [-0.4, -0.2) is 54.4 Å². The average Bonchev–Trinajstić information content (AvgIpc) is 3.52. The van der Waals surface area contributed by atoms with E-state index in [-0.39, 0.29) is 30.0 Å². The van der Waals surface area contributed by atoms with Crippen LogP contribution in [0.1, 0.15) is 12.2 Å². The number of guanidine groups is 1. The quantitative estimate of drug-likeness (QED) is 0.243. The Morgan fingerprint density at radius 3 is 3.03 bits per heavy atom. The fraction of sp³-hybridized carbons (Fsp3) is 0.350. The first-order valence-corrected chi connectivity index (χ1v) is 10.0. The molecule has 0 radical (unpaired) electrons. The molecule has 1 fully saturated rings. The molecule has 1 aromatic carbocycles. The minimum atomic E-state index is 0. The van der Waals surface area contributed by atoms with Crippen LogP contribution in [-0.2, 0) is 6.54 Å². The number of nitrogens with one attached hydrogen (secondary N) is 3. The van der Waals surface area contributed by atoms with E-state index in [0.29, 0.717) is 34.9 Å². The number of halogens is 2. The van der Waals surface area contributed by atoms with Crippen LogP contribution in [0.2, 0.25) is 5.02 Å². The molecule has 166 valence electrons. The molecule has 0 aliphatic carbocycles. The van der Waals surface area contributed by atoms with Gasteiger partial charge >= 0.3 is 0 Å². The molecule has 3 N–H and O–H groups in total.